The van der Waals surface area contributed by atoms with Gasteiger partial charge in [-0.2, -0.15) is 0 Å². The van der Waals surface area contributed by atoms with Crippen molar-refractivity contribution in [2.75, 3.05) is 14.1 Å². The molecule has 1 unspecified atom stereocenters. The normalized spacial score (nSPS) is 27.0. The second-order valence-electron chi connectivity index (χ2n) is 6.54. The van der Waals surface area contributed by atoms with Gasteiger partial charge in [0.1, 0.15) is 6.23 Å². The lowest BCUT2D eigenvalue weighted by molar-refractivity contribution is -0.120. The van der Waals surface area contributed by atoms with E-state index in [0.29, 0.717) is 6.10 Å². The van der Waals surface area contributed by atoms with Gasteiger partial charge in [0.25, 0.3) is 0 Å². The molecular weight excluding hydrogens is 212 g/mol. The molecule has 1 N–H and O–H groups in total. The average Bonchev–Trinajstić information content (AvgIpc) is 2.21. The van der Waals surface area contributed by atoms with E-state index in [9.17, 15) is 0 Å². The van der Waals surface area contributed by atoms with Crippen LogP contribution in [0.3, 0.4) is 0 Å². The first-order chi connectivity index (χ1) is 7.73. The van der Waals surface area contributed by atoms with Crippen LogP contribution in [0.15, 0.2) is 0 Å². The zero-order chi connectivity index (χ0) is 13.3. The average molecular weight is 242 g/mol. The van der Waals surface area contributed by atoms with Gasteiger partial charge in [-0.05, 0) is 61.1 Å². The second kappa shape index (κ2) is 5.25. The lowest BCUT2D eigenvalue weighted by atomic mass is 9.78. The lowest BCUT2D eigenvalue weighted by Gasteiger charge is -2.53. The quantitative estimate of drug-likeness (QED) is 0.767. The van der Waals surface area contributed by atoms with E-state index in [1.807, 2.05) is 7.05 Å². The summed E-state index contributed by atoms with van der Waals surface area (Å²) in [5.74, 6) is 0. The molecule has 1 aliphatic heterocycles. The Morgan fingerprint density at radius 3 is 2.06 bits per heavy atom. The molecule has 0 bridgehead atoms. The molecule has 1 saturated heterocycles. The summed E-state index contributed by atoms with van der Waals surface area (Å²) in [5.41, 5.74) is 0.414. The molecule has 0 spiro atoms. The summed E-state index contributed by atoms with van der Waals surface area (Å²) in [6.45, 7) is 11.4. The first kappa shape index (κ1) is 14.9. The third kappa shape index (κ3) is 3.43. The molecule has 0 amide bonds. The highest BCUT2D eigenvalue weighted by molar-refractivity contribution is 4.99. The molecule has 1 fully saturated rings. The van der Waals surface area contributed by atoms with Gasteiger partial charge in [-0.1, -0.05) is 6.92 Å². The molecule has 1 heterocycles. The van der Waals surface area contributed by atoms with Crippen molar-refractivity contribution in [2.45, 2.75) is 77.3 Å². The molecule has 0 radical (unpaired) electrons. The maximum absolute atomic E-state index is 6.17. The van der Waals surface area contributed by atoms with Crippen molar-refractivity contribution in [1.82, 2.24) is 10.2 Å². The summed E-state index contributed by atoms with van der Waals surface area (Å²) >= 11 is 0. The van der Waals surface area contributed by atoms with Crippen molar-refractivity contribution < 1.29 is 4.74 Å². The van der Waals surface area contributed by atoms with E-state index in [1.54, 1.807) is 0 Å². The number of nitrogens with zero attached hydrogens (tertiary/aromatic N) is 1. The number of piperidine rings is 1. The summed E-state index contributed by atoms with van der Waals surface area (Å²) in [7, 11) is 4.20. The van der Waals surface area contributed by atoms with Crippen molar-refractivity contribution in [3.8, 4) is 0 Å². The number of nitrogens with one attached hydrogen (secondary N) is 1. The Hall–Kier alpha value is -0.120. The van der Waals surface area contributed by atoms with Crippen molar-refractivity contribution in [3.05, 3.63) is 0 Å². The molecule has 0 aromatic rings. The third-order valence-electron chi connectivity index (χ3n) is 4.32. The van der Waals surface area contributed by atoms with Gasteiger partial charge in [0.15, 0.2) is 0 Å². The minimum atomic E-state index is 0.190. The van der Waals surface area contributed by atoms with Crippen molar-refractivity contribution in [2.24, 2.45) is 0 Å². The third-order valence-corrected chi connectivity index (χ3v) is 4.32. The van der Waals surface area contributed by atoms with Crippen LogP contribution in [-0.2, 0) is 4.74 Å². The van der Waals surface area contributed by atoms with Gasteiger partial charge < -0.3 is 4.74 Å². The molecule has 102 valence electrons. The summed E-state index contributed by atoms with van der Waals surface area (Å²) in [5, 5.41) is 3.23. The summed E-state index contributed by atoms with van der Waals surface area (Å²) in [6, 6.07) is 0. The van der Waals surface area contributed by atoms with Gasteiger partial charge in [-0.3, -0.25) is 10.2 Å². The molecule has 1 rings (SSSR count). The molecule has 1 aliphatic rings. The number of hydrogen-bond acceptors (Lipinski definition) is 3. The molecule has 0 aromatic carbocycles. The fourth-order valence-electron chi connectivity index (χ4n) is 2.98. The fourth-order valence-corrected chi connectivity index (χ4v) is 2.98. The molecule has 3 nitrogen and oxygen atoms in total. The van der Waals surface area contributed by atoms with Crippen LogP contribution >= 0.6 is 0 Å². The number of ether oxygens (including phenoxy) is 1. The Morgan fingerprint density at radius 2 is 1.71 bits per heavy atom. The van der Waals surface area contributed by atoms with Crippen LogP contribution in [0.25, 0.3) is 0 Å². The van der Waals surface area contributed by atoms with E-state index in [2.05, 4.69) is 51.9 Å². The monoisotopic (exact) mass is 242 g/mol. The predicted octanol–water partition coefficient (Wildman–Crippen LogP) is 2.61. The van der Waals surface area contributed by atoms with Gasteiger partial charge in [0.2, 0.25) is 0 Å². The maximum atomic E-state index is 6.17. The number of rotatable bonds is 4. The molecule has 0 aromatic heterocycles. The Kier molecular flexibility index (Phi) is 4.61. The fraction of sp³-hybridized carbons (Fsp3) is 1.00. The largest absolute Gasteiger partial charge is 0.360 e. The Bertz CT molecular complexity index is 229. The predicted molar refractivity (Wildman–Crippen MR) is 73.2 cm³/mol. The molecule has 0 saturated carbocycles. The van der Waals surface area contributed by atoms with Crippen LogP contribution in [0.4, 0.5) is 0 Å². The van der Waals surface area contributed by atoms with Crippen LogP contribution in [0.1, 0.15) is 53.9 Å². The van der Waals surface area contributed by atoms with Gasteiger partial charge in [0, 0.05) is 11.1 Å². The standard InChI is InChI=1S/C14H30N2O/c1-8-12(15-6)17-11-9-13(2,3)16(7)14(4,5)10-11/h11-12,15H,8-10H2,1-7H3. The zero-order valence-electron chi connectivity index (χ0n) is 12.6. The molecule has 1 atom stereocenters. The summed E-state index contributed by atoms with van der Waals surface area (Å²) in [6.07, 6.45) is 3.77. The topological polar surface area (TPSA) is 24.5 Å². The first-order valence-corrected chi connectivity index (χ1v) is 6.79. The van der Waals surface area contributed by atoms with E-state index in [0.717, 1.165) is 19.3 Å². The van der Waals surface area contributed by atoms with E-state index < -0.39 is 0 Å². The number of likely N-dealkylation sites (tertiary alicyclic amines) is 1. The van der Waals surface area contributed by atoms with Crippen LogP contribution < -0.4 is 5.32 Å². The summed E-state index contributed by atoms with van der Waals surface area (Å²) < 4.78 is 6.17. The molecule has 0 aliphatic carbocycles. The maximum Gasteiger partial charge on any atom is 0.107 e. The Balaban J connectivity index is 2.71. The van der Waals surface area contributed by atoms with E-state index in [-0.39, 0.29) is 17.3 Å². The van der Waals surface area contributed by atoms with Crippen molar-refractivity contribution in [3.63, 3.8) is 0 Å². The van der Waals surface area contributed by atoms with Crippen LogP contribution in [0.2, 0.25) is 0 Å². The summed E-state index contributed by atoms with van der Waals surface area (Å²) in [4.78, 5) is 2.49. The zero-order valence-corrected chi connectivity index (χ0v) is 12.6. The van der Waals surface area contributed by atoms with E-state index in [1.165, 1.54) is 0 Å². The smallest absolute Gasteiger partial charge is 0.107 e. The minimum absolute atomic E-state index is 0.190. The Morgan fingerprint density at radius 1 is 1.24 bits per heavy atom. The van der Waals surface area contributed by atoms with Gasteiger partial charge in [0.05, 0.1) is 6.10 Å². The van der Waals surface area contributed by atoms with Crippen LogP contribution in [0.5, 0.6) is 0 Å². The molecule has 17 heavy (non-hydrogen) atoms. The van der Waals surface area contributed by atoms with Crippen LogP contribution in [-0.4, -0.2) is 42.4 Å². The molecular formula is C14H30N2O. The number of hydrogen-bond donors (Lipinski definition) is 1. The highest BCUT2D eigenvalue weighted by atomic mass is 16.5. The molecule has 3 heteroatoms. The second-order valence-corrected chi connectivity index (χ2v) is 6.54. The highest BCUT2D eigenvalue weighted by Crippen LogP contribution is 2.38. The lowest BCUT2D eigenvalue weighted by Crippen LogP contribution is -2.60. The van der Waals surface area contributed by atoms with E-state index in [4.69, 9.17) is 4.74 Å². The van der Waals surface area contributed by atoms with Crippen LogP contribution in [0, 0.1) is 0 Å². The van der Waals surface area contributed by atoms with Gasteiger partial charge >= 0.3 is 0 Å². The van der Waals surface area contributed by atoms with Crippen molar-refractivity contribution in [1.29, 1.82) is 0 Å². The minimum Gasteiger partial charge on any atom is -0.360 e. The van der Waals surface area contributed by atoms with E-state index >= 15 is 0 Å². The van der Waals surface area contributed by atoms with Crippen molar-refractivity contribution >= 4 is 0 Å². The SMILES string of the molecule is CCC(NC)OC1CC(C)(C)N(C)C(C)(C)C1. The van der Waals surface area contributed by atoms with Gasteiger partial charge in [-0.25, -0.2) is 0 Å². The highest BCUT2D eigenvalue weighted by Gasteiger charge is 2.43. The Labute approximate surface area is 107 Å². The first-order valence-electron chi connectivity index (χ1n) is 6.79. The van der Waals surface area contributed by atoms with Gasteiger partial charge in [-0.15, -0.1) is 0 Å².